The highest BCUT2D eigenvalue weighted by Crippen LogP contribution is 2.29. The van der Waals surface area contributed by atoms with Crippen LogP contribution in [0.1, 0.15) is 17.5 Å². The van der Waals surface area contributed by atoms with Crippen molar-refractivity contribution in [1.82, 2.24) is 0 Å². The zero-order valence-corrected chi connectivity index (χ0v) is 18.0. The van der Waals surface area contributed by atoms with Gasteiger partial charge in [0.2, 0.25) is 0 Å². The van der Waals surface area contributed by atoms with Crippen molar-refractivity contribution in [3.05, 3.63) is 72.6 Å². The van der Waals surface area contributed by atoms with Crippen molar-refractivity contribution in [3.8, 4) is 11.5 Å². The van der Waals surface area contributed by atoms with Gasteiger partial charge in [0.05, 0.1) is 13.2 Å². The van der Waals surface area contributed by atoms with Gasteiger partial charge in [-0.3, -0.25) is 4.99 Å². The lowest BCUT2D eigenvalue weighted by Crippen LogP contribution is -2.12. The van der Waals surface area contributed by atoms with Crippen LogP contribution in [0, 0.1) is 5.82 Å². The highest BCUT2D eigenvalue weighted by atomic mass is 32.2. The van der Waals surface area contributed by atoms with Crippen LogP contribution in [0.25, 0.3) is 6.08 Å². The summed E-state index contributed by atoms with van der Waals surface area (Å²) in [6, 6.07) is 10.8. The van der Waals surface area contributed by atoms with Crippen LogP contribution < -0.4 is 14.8 Å². The highest BCUT2D eigenvalue weighted by Gasteiger charge is 2.19. The first kappa shape index (κ1) is 22.0. The first-order valence-corrected chi connectivity index (χ1v) is 10.9. The van der Waals surface area contributed by atoms with Gasteiger partial charge in [-0.15, -0.1) is 18.3 Å². The molecule has 0 bridgehead atoms. The standard InChI is InChI=1S/C24H27FN2O2S/c1-4-6-17-7-10-22(23(13-17)28-3)29-15-24-27-20(16-30-24)11-12-26-21-14-19(25)9-8-18(21)5-2/h4-5,7-10,13-14,20,26H,1-2,6,11-12,15-16H2,3H3. The molecule has 0 aromatic heterocycles. The molecule has 0 saturated heterocycles. The summed E-state index contributed by atoms with van der Waals surface area (Å²) in [5, 5.41) is 4.27. The monoisotopic (exact) mass is 426 g/mol. The van der Waals surface area contributed by atoms with E-state index in [0.717, 1.165) is 40.5 Å². The van der Waals surface area contributed by atoms with Gasteiger partial charge in [-0.05, 0) is 48.2 Å². The van der Waals surface area contributed by atoms with Gasteiger partial charge in [-0.2, -0.15) is 0 Å². The van der Waals surface area contributed by atoms with Crippen LogP contribution in [-0.2, 0) is 6.42 Å². The Labute approximate surface area is 181 Å². The second-order valence-electron chi connectivity index (χ2n) is 6.91. The molecule has 0 spiro atoms. The van der Waals surface area contributed by atoms with E-state index >= 15 is 0 Å². The average molecular weight is 427 g/mol. The van der Waals surface area contributed by atoms with Gasteiger partial charge >= 0.3 is 0 Å². The topological polar surface area (TPSA) is 42.8 Å². The maximum atomic E-state index is 13.5. The number of ether oxygens (including phenoxy) is 2. The van der Waals surface area contributed by atoms with Gasteiger partial charge in [-0.1, -0.05) is 30.9 Å². The van der Waals surface area contributed by atoms with Crippen molar-refractivity contribution in [1.29, 1.82) is 0 Å². The molecule has 0 fully saturated rings. The van der Waals surface area contributed by atoms with Crippen molar-refractivity contribution in [3.63, 3.8) is 0 Å². The fraction of sp³-hybridized carbons (Fsp3) is 0.292. The number of thioether (sulfide) groups is 1. The summed E-state index contributed by atoms with van der Waals surface area (Å²) in [4.78, 5) is 4.76. The Hall–Kier alpha value is -2.73. The van der Waals surface area contributed by atoms with Crippen LogP contribution in [-0.4, -0.2) is 37.1 Å². The fourth-order valence-corrected chi connectivity index (χ4v) is 4.19. The Bertz CT molecular complexity index is 929. The zero-order valence-electron chi connectivity index (χ0n) is 17.2. The molecule has 2 aromatic carbocycles. The van der Waals surface area contributed by atoms with Crippen LogP contribution in [0.5, 0.6) is 11.5 Å². The molecule has 2 aromatic rings. The maximum absolute atomic E-state index is 13.5. The number of rotatable bonds is 11. The Balaban J connectivity index is 1.50. The first-order chi connectivity index (χ1) is 14.6. The fourth-order valence-electron chi connectivity index (χ4n) is 3.19. The van der Waals surface area contributed by atoms with Crippen LogP contribution >= 0.6 is 11.8 Å². The van der Waals surface area contributed by atoms with Crippen LogP contribution in [0.4, 0.5) is 10.1 Å². The number of hydrogen-bond acceptors (Lipinski definition) is 5. The summed E-state index contributed by atoms with van der Waals surface area (Å²) in [5.74, 6) is 2.09. The van der Waals surface area contributed by atoms with Gasteiger partial charge in [0.15, 0.2) is 11.5 Å². The number of aliphatic imine (C=N–C) groups is 1. The molecule has 6 heteroatoms. The lowest BCUT2D eigenvalue weighted by Gasteiger charge is -2.12. The zero-order chi connectivity index (χ0) is 21.3. The summed E-state index contributed by atoms with van der Waals surface area (Å²) in [6.45, 7) is 8.68. The largest absolute Gasteiger partial charge is 0.493 e. The van der Waals surface area contributed by atoms with E-state index in [9.17, 15) is 4.39 Å². The Morgan fingerprint density at radius 2 is 2.10 bits per heavy atom. The molecule has 1 aliphatic heterocycles. The van der Waals surface area contributed by atoms with E-state index in [2.05, 4.69) is 18.5 Å². The normalized spacial score (nSPS) is 15.4. The molecule has 1 aliphatic rings. The molecule has 4 nitrogen and oxygen atoms in total. The van der Waals surface area contributed by atoms with Gasteiger partial charge in [0.25, 0.3) is 0 Å². The van der Waals surface area contributed by atoms with Crippen molar-refractivity contribution in [2.45, 2.75) is 18.9 Å². The van der Waals surface area contributed by atoms with Crippen LogP contribution in [0.15, 0.2) is 60.6 Å². The van der Waals surface area contributed by atoms with E-state index < -0.39 is 0 Å². The van der Waals surface area contributed by atoms with Gasteiger partial charge in [0.1, 0.15) is 17.5 Å². The number of nitrogens with zero attached hydrogens (tertiary/aromatic N) is 1. The summed E-state index contributed by atoms with van der Waals surface area (Å²) in [7, 11) is 1.64. The van der Waals surface area contributed by atoms with E-state index in [1.807, 2.05) is 24.3 Å². The molecular formula is C24H27FN2O2S. The molecule has 0 saturated carbocycles. The van der Waals surface area contributed by atoms with Crippen molar-refractivity contribution >= 4 is 28.6 Å². The minimum Gasteiger partial charge on any atom is -0.493 e. The maximum Gasteiger partial charge on any atom is 0.161 e. The van der Waals surface area contributed by atoms with Gasteiger partial charge in [0, 0.05) is 18.0 Å². The van der Waals surface area contributed by atoms with Gasteiger partial charge in [-0.25, -0.2) is 4.39 Å². The molecule has 30 heavy (non-hydrogen) atoms. The first-order valence-electron chi connectivity index (χ1n) is 9.89. The Kier molecular flexibility index (Phi) is 7.97. The van der Waals surface area contributed by atoms with Gasteiger partial charge < -0.3 is 14.8 Å². The lowest BCUT2D eigenvalue weighted by atomic mass is 10.1. The van der Waals surface area contributed by atoms with Crippen molar-refractivity contribution in [2.24, 2.45) is 4.99 Å². The van der Waals surface area contributed by atoms with E-state index in [-0.39, 0.29) is 11.9 Å². The number of methoxy groups -OCH3 is 1. The third-order valence-corrected chi connectivity index (χ3v) is 5.86. The molecule has 3 rings (SSSR count). The number of benzene rings is 2. The third kappa shape index (κ3) is 5.89. The average Bonchev–Trinajstić information content (AvgIpc) is 3.21. The van der Waals surface area contributed by atoms with Crippen molar-refractivity contribution in [2.75, 3.05) is 31.3 Å². The molecule has 1 unspecified atom stereocenters. The van der Waals surface area contributed by atoms with Crippen molar-refractivity contribution < 1.29 is 13.9 Å². The smallest absolute Gasteiger partial charge is 0.161 e. The quantitative estimate of drug-likeness (QED) is 0.475. The molecular weight excluding hydrogens is 399 g/mol. The predicted molar refractivity (Wildman–Crippen MR) is 126 cm³/mol. The number of hydrogen-bond donors (Lipinski definition) is 1. The second-order valence-corrected chi connectivity index (χ2v) is 8.00. The van der Waals surface area contributed by atoms with E-state index in [4.69, 9.17) is 14.5 Å². The third-order valence-electron chi connectivity index (χ3n) is 4.76. The molecule has 158 valence electrons. The molecule has 0 aliphatic carbocycles. The van der Waals surface area contributed by atoms with E-state index in [1.54, 1.807) is 31.0 Å². The Morgan fingerprint density at radius 1 is 1.23 bits per heavy atom. The summed E-state index contributed by atoms with van der Waals surface area (Å²) >= 11 is 1.72. The SMILES string of the molecule is C=CCc1ccc(OCC2=NC(CCNc3cc(F)ccc3C=C)CS2)c(OC)c1. The number of nitrogens with one attached hydrogen (secondary N) is 1. The minimum absolute atomic E-state index is 0.221. The number of allylic oxidation sites excluding steroid dienone is 1. The summed E-state index contributed by atoms with van der Waals surface area (Å²) in [5.41, 5.74) is 2.78. The number of anilines is 1. The van der Waals surface area contributed by atoms with Crippen LogP contribution in [0.2, 0.25) is 0 Å². The molecule has 1 heterocycles. The lowest BCUT2D eigenvalue weighted by molar-refractivity contribution is 0.336. The Morgan fingerprint density at radius 3 is 2.87 bits per heavy atom. The van der Waals surface area contributed by atoms with E-state index in [0.29, 0.717) is 24.7 Å². The second kappa shape index (κ2) is 10.9. The predicted octanol–water partition coefficient (Wildman–Crippen LogP) is 5.60. The summed E-state index contributed by atoms with van der Waals surface area (Å²) in [6.07, 6.45) is 5.24. The van der Waals surface area contributed by atoms with E-state index in [1.165, 1.54) is 12.1 Å². The highest BCUT2D eigenvalue weighted by molar-refractivity contribution is 8.14. The molecule has 1 N–H and O–H groups in total. The van der Waals surface area contributed by atoms with Crippen LogP contribution in [0.3, 0.4) is 0 Å². The summed E-state index contributed by atoms with van der Waals surface area (Å²) < 4.78 is 24.9. The minimum atomic E-state index is -0.259. The molecule has 0 amide bonds. The molecule has 0 radical (unpaired) electrons. The number of halogens is 1. The molecule has 1 atom stereocenters.